The number of carbonyl (C=O) groups excluding carboxylic acids is 2. The molecule has 1 aromatic carbocycles. The van der Waals surface area contributed by atoms with Gasteiger partial charge in [-0.25, -0.2) is 4.79 Å². The number of hydrogen-bond donors (Lipinski definition) is 1. The molecule has 8 heteroatoms. The molecule has 116 valence electrons. The van der Waals surface area contributed by atoms with Crippen molar-refractivity contribution in [3.05, 3.63) is 35.9 Å². The lowest BCUT2D eigenvalue weighted by Crippen LogP contribution is -2.29. The molecule has 0 saturated carbocycles. The highest BCUT2D eigenvalue weighted by molar-refractivity contribution is 6.90. The van der Waals surface area contributed by atoms with Crippen LogP contribution in [-0.2, 0) is 16.1 Å². The summed E-state index contributed by atoms with van der Waals surface area (Å²) >= 11 is 0. The standard InChI is InChI=1S/C13H16BF3NO3/c15-14(16,17)12(19)8-4-5-9-18-13(20)21-10-11-6-2-1-3-7-11/h1-3,6-7H,4-5,8-10H2,(H,18,20)/q-1. The smallest absolute Gasteiger partial charge is 0.445 e. The molecule has 0 atom stereocenters. The summed E-state index contributed by atoms with van der Waals surface area (Å²) in [6.07, 6.45) is -0.799. The fourth-order valence-corrected chi connectivity index (χ4v) is 1.55. The highest BCUT2D eigenvalue weighted by Crippen LogP contribution is 2.13. The van der Waals surface area contributed by atoms with Crippen LogP contribution in [-0.4, -0.2) is 25.3 Å². The quantitative estimate of drug-likeness (QED) is 0.593. The van der Waals surface area contributed by atoms with Gasteiger partial charge in [-0.2, -0.15) is 0 Å². The zero-order valence-corrected chi connectivity index (χ0v) is 11.4. The van der Waals surface area contributed by atoms with Crippen molar-refractivity contribution in [2.75, 3.05) is 6.54 Å². The van der Waals surface area contributed by atoms with E-state index in [1.165, 1.54) is 0 Å². The average Bonchev–Trinajstić information content (AvgIpc) is 2.44. The van der Waals surface area contributed by atoms with Crippen LogP contribution in [0.4, 0.5) is 17.7 Å². The number of unbranched alkanes of at least 4 members (excludes halogenated alkanes) is 1. The van der Waals surface area contributed by atoms with E-state index in [4.69, 9.17) is 4.74 Å². The Morgan fingerprint density at radius 2 is 1.76 bits per heavy atom. The molecular weight excluding hydrogens is 286 g/mol. The lowest BCUT2D eigenvalue weighted by atomic mass is 9.81. The molecule has 1 aromatic rings. The molecule has 1 amide bonds. The molecular formula is C13H16BF3NO3-. The van der Waals surface area contributed by atoms with Crippen molar-refractivity contribution in [3.63, 3.8) is 0 Å². The van der Waals surface area contributed by atoms with Gasteiger partial charge in [0.1, 0.15) is 6.61 Å². The number of hydrogen-bond acceptors (Lipinski definition) is 3. The van der Waals surface area contributed by atoms with E-state index >= 15 is 0 Å². The molecule has 0 aliphatic heterocycles. The van der Waals surface area contributed by atoms with Gasteiger partial charge in [0.15, 0.2) is 0 Å². The molecule has 0 unspecified atom stereocenters. The number of halogens is 3. The Hall–Kier alpha value is -1.99. The molecule has 0 saturated heterocycles. The lowest BCUT2D eigenvalue weighted by molar-refractivity contribution is -0.115. The zero-order chi connectivity index (χ0) is 15.7. The highest BCUT2D eigenvalue weighted by atomic mass is 19.4. The van der Waals surface area contributed by atoms with Crippen LogP contribution in [0.15, 0.2) is 30.3 Å². The van der Waals surface area contributed by atoms with Gasteiger partial charge in [0, 0.05) is 6.54 Å². The predicted molar refractivity (Wildman–Crippen MR) is 72.6 cm³/mol. The first-order valence-corrected chi connectivity index (χ1v) is 6.57. The molecule has 0 aromatic heterocycles. The van der Waals surface area contributed by atoms with Crippen LogP contribution in [0, 0.1) is 0 Å². The summed E-state index contributed by atoms with van der Waals surface area (Å²) in [7, 11) is 0. The van der Waals surface area contributed by atoms with Crippen LogP contribution >= 0.6 is 0 Å². The molecule has 0 bridgehead atoms. The monoisotopic (exact) mass is 302 g/mol. The number of nitrogens with one attached hydrogen (secondary N) is 1. The summed E-state index contributed by atoms with van der Waals surface area (Å²) in [4.78, 5) is 21.9. The number of benzene rings is 1. The summed E-state index contributed by atoms with van der Waals surface area (Å²) in [5.74, 6) is 0. The Kier molecular flexibility index (Phi) is 6.77. The van der Waals surface area contributed by atoms with Crippen LogP contribution in [0.5, 0.6) is 0 Å². The Balaban J connectivity index is 2.08. The minimum Gasteiger partial charge on any atom is -0.445 e. The second-order valence-electron chi connectivity index (χ2n) is 4.49. The van der Waals surface area contributed by atoms with Crippen LogP contribution in [0.3, 0.4) is 0 Å². The highest BCUT2D eigenvalue weighted by Gasteiger charge is 2.31. The molecule has 21 heavy (non-hydrogen) atoms. The van der Waals surface area contributed by atoms with E-state index in [0.717, 1.165) is 5.56 Å². The van der Waals surface area contributed by atoms with E-state index in [9.17, 15) is 22.5 Å². The van der Waals surface area contributed by atoms with E-state index in [1.807, 2.05) is 18.2 Å². The summed E-state index contributed by atoms with van der Waals surface area (Å²) < 4.78 is 40.8. The molecule has 0 spiro atoms. The van der Waals surface area contributed by atoms with E-state index < -0.39 is 25.2 Å². The van der Waals surface area contributed by atoms with Crippen molar-refractivity contribution in [2.45, 2.75) is 25.9 Å². The molecule has 1 rings (SSSR count). The second kappa shape index (κ2) is 8.33. The summed E-state index contributed by atoms with van der Waals surface area (Å²) in [6.45, 7) is -5.09. The Labute approximate surface area is 120 Å². The molecule has 0 heterocycles. The third-order valence-corrected chi connectivity index (χ3v) is 2.70. The lowest BCUT2D eigenvalue weighted by Gasteiger charge is -2.12. The van der Waals surface area contributed by atoms with Crippen molar-refractivity contribution in [1.29, 1.82) is 0 Å². The maximum atomic E-state index is 12.0. The van der Waals surface area contributed by atoms with Gasteiger partial charge in [0.2, 0.25) is 0 Å². The number of alkyl carbamates (subject to hydrolysis) is 1. The predicted octanol–water partition coefficient (Wildman–Crippen LogP) is 3.04. The van der Waals surface area contributed by atoms with Gasteiger partial charge in [-0.1, -0.05) is 30.3 Å². The van der Waals surface area contributed by atoms with E-state index in [-0.39, 0.29) is 19.6 Å². The van der Waals surface area contributed by atoms with Gasteiger partial charge in [-0.05, 0) is 24.8 Å². The maximum Gasteiger partial charge on any atom is 0.544 e. The Morgan fingerprint density at radius 3 is 2.38 bits per heavy atom. The number of ether oxygens (including phenoxy) is 1. The topological polar surface area (TPSA) is 55.4 Å². The normalized spacial score (nSPS) is 11.0. The number of rotatable bonds is 8. The van der Waals surface area contributed by atoms with Crippen molar-refractivity contribution < 1.29 is 27.3 Å². The van der Waals surface area contributed by atoms with Gasteiger partial charge >= 0.3 is 13.1 Å². The Morgan fingerprint density at radius 1 is 1.10 bits per heavy atom. The minimum atomic E-state index is -5.39. The van der Waals surface area contributed by atoms with Crippen LogP contribution in [0.25, 0.3) is 0 Å². The average molecular weight is 302 g/mol. The van der Waals surface area contributed by atoms with Crippen molar-refractivity contribution in [3.8, 4) is 0 Å². The third-order valence-electron chi connectivity index (χ3n) is 2.70. The van der Waals surface area contributed by atoms with Crippen LogP contribution in [0.1, 0.15) is 24.8 Å². The van der Waals surface area contributed by atoms with Crippen molar-refractivity contribution >= 4 is 18.8 Å². The largest absolute Gasteiger partial charge is 0.544 e. The molecule has 0 aliphatic rings. The SMILES string of the molecule is O=C(NCCCCC(=O)[B-](F)(F)F)OCc1ccccc1. The molecule has 0 aliphatic carbocycles. The van der Waals surface area contributed by atoms with Crippen molar-refractivity contribution in [1.82, 2.24) is 5.32 Å². The molecule has 4 nitrogen and oxygen atoms in total. The van der Waals surface area contributed by atoms with Gasteiger partial charge < -0.3 is 27.8 Å². The van der Waals surface area contributed by atoms with Crippen LogP contribution < -0.4 is 5.32 Å². The maximum absolute atomic E-state index is 12.0. The minimum absolute atomic E-state index is 0.0824. The number of amides is 1. The zero-order valence-electron chi connectivity index (χ0n) is 11.4. The van der Waals surface area contributed by atoms with E-state index in [0.29, 0.717) is 6.42 Å². The van der Waals surface area contributed by atoms with Gasteiger partial charge in [0.05, 0.1) is 5.68 Å². The molecule has 0 radical (unpaired) electrons. The fraction of sp³-hybridized carbons (Fsp3) is 0.385. The Bertz CT molecular complexity index is 465. The number of carbonyl (C=O) groups is 2. The molecule has 1 N–H and O–H groups in total. The third kappa shape index (κ3) is 7.38. The van der Waals surface area contributed by atoms with Gasteiger partial charge in [0.25, 0.3) is 0 Å². The van der Waals surface area contributed by atoms with Gasteiger partial charge in [-0.15, -0.1) is 0 Å². The molecule has 0 fully saturated rings. The first kappa shape index (κ1) is 17.1. The van der Waals surface area contributed by atoms with Crippen LogP contribution in [0.2, 0.25) is 0 Å². The van der Waals surface area contributed by atoms with E-state index in [2.05, 4.69) is 5.32 Å². The summed E-state index contributed by atoms with van der Waals surface area (Å²) in [5, 5.41) is 2.42. The van der Waals surface area contributed by atoms with Gasteiger partial charge in [-0.3, -0.25) is 0 Å². The second-order valence-corrected chi connectivity index (χ2v) is 4.49. The van der Waals surface area contributed by atoms with Crippen molar-refractivity contribution in [2.24, 2.45) is 0 Å². The summed E-state index contributed by atoms with van der Waals surface area (Å²) in [5.41, 5.74) is -0.840. The summed E-state index contributed by atoms with van der Waals surface area (Å²) in [6, 6.07) is 9.08. The first-order chi connectivity index (χ1) is 9.89. The first-order valence-electron chi connectivity index (χ1n) is 6.57. The van der Waals surface area contributed by atoms with E-state index in [1.54, 1.807) is 12.1 Å². The fourth-order valence-electron chi connectivity index (χ4n) is 1.55.